The molecule has 1 saturated heterocycles. The lowest BCUT2D eigenvalue weighted by atomic mass is 9.78. The Kier molecular flexibility index (Phi) is 3.40. The second kappa shape index (κ2) is 5.19. The standard InChI is InChI=1S/C15H20N2O2/c18-14-9-3-7-12(16-14)15(19)17-10-4-6-11-5-1-2-8-13(11)17/h3,7,9,11,13H,1-2,4-6,8,10H2,(H,16,18)/t11-,13-/m1/s1. The van der Waals surface area contributed by atoms with E-state index < -0.39 is 0 Å². The molecule has 4 heteroatoms. The Hall–Kier alpha value is -1.58. The average molecular weight is 260 g/mol. The van der Waals surface area contributed by atoms with Gasteiger partial charge in [0, 0.05) is 18.7 Å². The first-order valence-corrected chi connectivity index (χ1v) is 7.26. The summed E-state index contributed by atoms with van der Waals surface area (Å²) in [5, 5.41) is 0. The van der Waals surface area contributed by atoms with Gasteiger partial charge in [-0.05, 0) is 37.7 Å². The fraction of sp³-hybridized carbons (Fsp3) is 0.600. The van der Waals surface area contributed by atoms with Crippen molar-refractivity contribution in [2.75, 3.05) is 6.54 Å². The van der Waals surface area contributed by atoms with Gasteiger partial charge in [-0.15, -0.1) is 0 Å². The number of aromatic nitrogens is 1. The van der Waals surface area contributed by atoms with Gasteiger partial charge in [-0.3, -0.25) is 9.59 Å². The number of pyridine rings is 1. The molecular weight excluding hydrogens is 240 g/mol. The molecule has 2 heterocycles. The normalized spacial score (nSPS) is 26.8. The summed E-state index contributed by atoms with van der Waals surface area (Å²) in [6.07, 6.45) is 7.22. The highest BCUT2D eigenvalue weighted by Gasteiger charge is 2.36. The van der Waals surface area contributed by atoms with Gasteiger partial charge in [0.25, 0.3) is 5.91 Å². The zero-order chi connectivity index (χ0) is 13.2. The topological polar surface area (TPSA) is 53.2 Å². The molecule has 1 saturated carbocycles. The maximum Gasteiger partial charge on any atom is 0.270 e. The van der Waals surface area contributed by atoms with Crippen LogP contribution in [0.25, 0.3) is 0 Å². The first-order chi connectivity index (χ1) is 9.25. The third kappa shape index (κ3) is 2.44. The maximum absolute atomic E-state index is 12.6. The van der Waals surface area contributed by atoms with E-state index in [1.54, 1.807) is 12.1 Å². The Bertz CT molecular complexity index is 521. The number of nitrogens with one attached hydrogen (secondary N) is 1. The van der Waals surface area contributed by atoms with Crippen molar-refractivity contribution in [1.29, 1.82) is 0 Å². The van der Waals surface area contributed by atoms with E-state index in [0.717, 1.165) is 19.4 Å². The molecule has 2 fully saturated rings. The van der Waals surface area contributed by atoms with Gasteiger partial charge in [-0.2, -0.15) is 0 Å². The van der Waals surface area contributed by atoms with Crippen LogP contribution in [0.5, 0.6) is 0 Å². The molecule has 1 amide bonds. The highest BCUT2D eigenvalue weighted by atomic mass is 16.2. The van der Waals surface area contributed by atoms with E-state index >= 15 is 0 Å². The van der Waals surface area contributed by atoms with Crippen LogP contribution in [-0.2, 0) is 0 Å². The summed E-state index contributed by atoms with van der Waals surface area (Å²) >= 11 is 0. The van der Waals surface area contributed by atoms with Gasteiger partial charge in [-0.1, -0.05) is 18.9 Å². The van der Waals surface area contributed by atoms with Crippen LogP contribution in [0, 0.1) is 5.92 Å². The summed E-state index contributed by atoms with van der Waals surface area (Å²) in [5.41, 5.74) is 0.224. The number of piperidine rings is 1. The van der Waals surface area contributed by atoms with Gasteiger partial charge in [0.15, 0.2) is 0 Å². The van der Waals surface area contributed by atoms with Gasteiger partial charge in [0.1, 0.15) is 5.69 Å². The number of carbonyl (C=O) groups excluding carboxylic acids is 1. The summed E-state index contributed by atoms with van der Waals surface area (Å²) in [6.45, 7) is 0.830. The minimum Gasteiger partial charge on any atom is -0.334 e. The van der Waals surface area contributed by atoms with Crippen molar-refractivity contribution in [3.8, 4) is 0 Å². The number of nitrogens with zero attached hydrogens (tertiary/aromatic N) is 1. The summed E-state index contributed by atoms with van der Waals surface area (Å²) in [6, 6.07) is 5.18. The Morgan fingerprint density at radius 3 is 2.79 bits per heavy atom. The van der Waals surface area contributed by atoms with Crippen molar-refractivity contribution in [3.63, 3.8) is 0 Å². The molecule has 0 unspecified atom stereocenters. The summed E-state index contributed by atoms with van der Waals surface area (Å²) in [5.74, 6) is 0.663. The fourth-order valence-corrected chi connectivity index (χ4v) is 3.60. The van der Waals surface area contributed by atoms with Gasteiger partial charge in [-0.25, -0.2) is 0 Å². The summed E-state index contributed by atoms with van der Waals surface area (Å²) in [7, 11) is 0. The van der Waals surface area contributed by atoms with Gasteiger partial charge < -0.3 is 9.88 Å². The summed E-state index contributed by atoms with van der Waals surface area (Å²) in [4.78, 5) is 28.5. The third-order valence-corrected chi connectivity index (χ3v) is 4.50. The number of aromatic amines is 1. The van der Waals surface area contributed by atoms with Gasteiger partial charge in [0.05, 0.1) is 0 Å². The van der Waals surface area contributed by atoms with Crippen LogP contribution < -0.4 is 5.56 Å². The molecule has 1 aliphatic carbocycles. The predicted octanol–water partition coefficient (Wildman–Crippen LogP) is 2.17. The SMILES string of the molecule is O=C(c1cccc(=O)[nH]1)N1CCC[C@H]2CCCC[C@H]21. The maximum atomic E-state index is 12.6. The molecule has 102 valence electrons. The molecule has 4 nitrogen and oxygen atoms in total. The van der Waals surface area contributed by atoms with Crippen LogP contribution in [-0.4, -0.2) is 28.4 Å². The van der Waals surface area contributed by atoms with E-state index in [1.165, 1.54) is 31.7 Å². The van der Waals surface area contributed by atoms with E-state index in [9.17, 15) is 9.59 Å². The molecule has 2 aliphatic rings. The quantitative estimate of drug-likeness (QED) is 0.841. The Morgan fingerprint density at radius 2 is 1.95 bits per heavy atom. The zero-order valence-electron chi connectivity index (χ0n) is 11.1. The number of hydrogen-bond acceptors (Lipinski definition) is 2. The summed E-state index contributed by atoms with van der Waals surface area (Å²) < 4.78 is 0. The van der Waals surface area contributed by atoms with Crippen molar-refractivity contribution < 1.29 is 4.79 Å². The van der Waals surface area contributed by atoms with Crippen LogP contribution in [0.2, 0.25) is 0 Å². The van der Waals surface area contributed by atoms with Crippen LogP contribution in [0.4, 0.5) is 0 Å². The van der Waals surface area contributed by atoms with E-state index in [1.807, 2.05) is 4.90 Å². The lowest BCUT2D eigenvalue weighted by Crippen LogP contribution is -2.50. The highest BCUT2D eigenvalue weighted by Crippen LogP contribution is 2.35. The van der Waals surface area contributed by atoms with Crippen LogP contribution in [0.1, 0.15) is 49.0 Å². The molecule has 1 N–H and O–H groups in total. The molecule has 19 heavy (non-hydrogen) atoms. The number of hydrogen-bond donors (Lipinski definition) is 1. The molecule has 2 atom stereocenters. The zero-order valence-corrected chi connectivity index (χ0v) is 11.1. The monoisotopic (exact) mass is 260 g/mol. The molecule has 0 spiro atoms. The Balaban J connectivity index is 1.83. The second-order valence-corrected chi connectivity index (χ2v) is 5.68. The van der Waals surface area contributed by atoms with Gasteiger partial charge in [0.2, 0.25) is 5.56 Å². The van der Waals surface area contributed by atoms with Gasteiger partial charge >= 0.3 is 0 Å². The number of likely N-dealkylation sites (tertiary alicyclic amines) is 1. The molecule has 0 bridgehead atoms. The molecule has 1 aromatic rings. The van der Waals surface area contributed by atoms with Crippen LogP contribution in [0.3, 0.4) is 0 Å². The van der Waals surface area contributed by atoms with Crippen molar-refractivity contribution in [2.45, 2.75) is 44.6 Å². The van der Waals surface area contributed by atoms with Crippen molar-refractivity contribution in [3.05, 3.63) is 34.2 Å². The van der Waals surface area contributed by atoms with E-state index in [-0.39, 0.29) is 11.5 Å². The molecule has 0 aromatic carbocycles. The number of carbonyl (C=O) groups is 1. The number of amides is 1. The van der Waals surface area contributed by atoms with E-state index in [4.69, 9.17) is 0 Å². The van der Waals surface area contributed by atoms with Crippen molar-refractivity contribution in [1.82, 2.24) is 9.88 Å². The number of H-pyrrole nitrogens is 1. The number of fused-ring (bicyclic) bond motifs is 1. The van der Waals surface area contributed by atoms with Crippen LogP contribution >= 0.6 is 0 Å². The van der Waals surface area contributed by atoms with Crippen molar-refractivity contribution >= 4 is 5.91 Å². The Labute approximate surface area is 112 Å². The highest BCUT2D eigenvalue weighted by molar-refractivity contribution is 5.92. The fourth-order valence-electron chi connectivity index (χ4n) is 3.60. The minimum atomic E-state index is -0.206. The number of rotatable bonds is 1. The second-order valence-electron chi connectivity index (χ2n) is 5.68. The Morgan fingerprint density at radius 1 is 1.16 bits per heavy atom. The smallest absolute Gasteiger partial charge is 0.270 e. The molecule has 1 aliphatic heterocycles. The average Bonchev–Trinajstić information content (AvgIpc) is 2.46. The minimum absolute atomic E-state index is 0.00528. The third-order valence-electron chi connectivity index (χ3n) is 4.50. The molecular formula is C15H20N2O2. The van der Waals surface area contributed by atoms with E-state index in [2.05, 4.69) is 4.98 Å². The first-order valence-electron chi connectivity index (χ1n) is 7.26. The first kappa shape index (κ1) is 12.5. The molecule has 1 aromatic heterocycles. The van der Waals surface area contributed by atoms with E-state index in [0.29, 0.717) is 17.7 Å². The predicted molar refractivity (Wildman–Crippen MR) is 73.1 cm³/mol. The van der Waals surface area contributed by atoms with Crippen molar-refractivity contribution in [2.24, 2.45) is 5.92 Å². The van der Waals surface area contributed by atoms with Crippen LogP contribution in [0.15, 0.2) is 23.0 Å². The largest absolute Gasteiger partial charge is 0.334 e. The lowest BCUT2D eigenvalue weighted by Gasteiger charge is -2.44. The lowest BCUT2D eigenvalue weighted by molar-refractivity contribution is 0.0385. The molecule has 3 rings (SSSR count). The molecule has 0 radical (unpaired) electrons.